The van der Waals surface area contributed by atoms with Gasteiger partial charge in [-0.1, -0.05) is 6.92 Å². The number of urea groups is 1. The number of imidazole rings is 1. The van der Waals surface area contributed by atoms with Crippen LogP contribution in [0.5, 0.6) is 0 Å². The smallest absolute Gasteiger partial charge is 0.315 e. The standard InChI is InChI=1S/C17H20N6O/c1-2-4-19-15(24)22-16-7-17(8-16,9-16)23-10-21-12-6-20-14-11(13(12)23)3-5-18-14/h3,5-6,10H,2,4,7-9H2,1H3,(H,18,20)(H2,19,22,24). The minimum atomic E-state index is -0.0436. The molecule has 3 saturated carbocycles. The summed E-state index contributed by atoms with van der Waals surface area (Å²) in [7, 11) is 0. The fraction of sp³-hybridized carbons (Fsp3) is 0.471. The third-order valence-corrected chi connectivity index (χ3v) is 5.52. The number of aromatic amines is 1. The highest BCUT2D eigenvalue weighted by Gasteiger charge is 2.70. The van der Waals surface area contributed by atoms with E-state index in [4.69, 9.17) is 0 Å². The summed E-state index contributed by atoms with van der Waals surface area (Å²) in [6.07, 6.45) is 9.53. The van der Waals surface area contributed by atoms with E-state index in [0.717, 1.165) is 54.3 Å². The molecule has 3 aromatic heterocycles. The molecule has 0 unspecified atom stereocenters. The Morgan fingerprint density at radius 3 is 3.00 bits per heavy atom. The Bertz CT molecular complexity index is 935. The number of carbonyl (C=O) groups is 1. The molecule has 7 nitrogen and oxygen atoms in total. The first-order valence-corrected chi connectivity index (χ1v) is 8.50. The van der Waals surface area contributed by atoms with Crippen molar-refractivity contribution < 1.29 is 4.79 Å². The summed E-state index contributed by atoms with van der Waals surface area (Å²) in [6, 6.07) is 2.01. The first-order valence-electron chi connectivity index (χ1n) is 8.50. The Morgan fingerprint density at radius 1 is 1.38 bits per heavy atom. The van der Waals surface area contributed by atoms with Gasteiger partial charge < -0.3 is 20.2 Å². The van der Waals surface area contributed by atoms with Crippen molar-refractivity contribution in [2.75, 3.05) is 6.54 Å². The molecular formula is C17H20N6O. The number of H-pyrrole nitrogens is 1. The number of amides is 2. The molecule has 2 amide bonds. The third-order valence-electron chi connectivity index (χ3n) is 5.52. The van der Waals surface area contributed by atoms with E-state index < -0.39 is 0 Å². The van der Waals surface area contributed by atoms with Crippen LogP contribution in [0.3, 0.4) is 0 Å². The lowest BCUT2D eigenvalue weighted by Gasteiger charge is -2.70. The van der Waals surface area contributed by atoms with E-state index in [1.54, 1.807) is 0 Å². The van der Waals surface area contributed by atoms with Gasteiger partial charge in [0.05, 0.1) is 23.6 Å². The van der Waals surface area contributed by atoms with E-state index in [0.29, 0.717) is 0 Å². The summed E-state index contributed by atoms with van der Waals surface area (Å²) in [5.41, 5.74) is 3.03. The predicted octanol–water partition coefficient (Wildman–Crippen LogP) is 2.25. The molecule has 0 saturated heterocycles. The molecule has 3 aliphatic carbocycles. The minimum Gasteiger partial charge on any atom is -0.346 e. The molecule has 3 N–H and O–H groups in total. The topological polar surface area (TPSA) is 87.6 Å². The van der Waals surface area contributed by atoms with Crippen LogP contribution in [-0.4, -0.2) is 37.6 Å². The second-order valence-corrected chi connectivity index (χ2v) is 7.26. The Labute approximate surface area is 138 Å². The van der Waals surface area contributed by atoms with Gasteiger partial charge in [-0.05, 0) is 31.7 Å². The largest absolute Gasteiger partial charge is 0.346 e. The van der Waals surface area contributed by atoms with Crippen LogP contribution in [0.4, 0.5) is 4.79 Å². The summed E-state index contributed by atoms with van der Waals surface area (Å²) in [5, 5.41) is 7.16. The highest BCUT2D eigenvalue weighted by Crippen LogP contribution is 2.65. The van der Waals surface area contributed by atoms with E-state index in [1.807, 2.05) is 18.7 Å². The van der Waals surface area contributed by atoms with E-state index in [-0.39, 0.29) is 17.1 Å². The fourth-order valence-corrected chi connectivity index (χ4v) is 4.51. The molecule has 2 bridgehead atoms. The second-order valence-electron chi connectivity index (χ2n) is 7.26. The molecule has 3 aliphatic rings. The first kappa shape index (κ1) is 13.8. The number of nitrogens with one attached hydrogen (secondary N) is 3. The molecule has 3 fully saturated rings. The predicted molar refractivity (Wildman–Crippen MR) is 90.8 cm³/mol. The van der Waals surface area contributed by atoms with Gasteiger partial charge in [-0.3, -0.25) is 0 Å². The van der Waals surface area contributed by atoms with Crippen LogP contribution in [0.25, 0.3) is 22.1 Å². The van der Waals surface area contributed by atoms with Gasteiger partial charge in [0.25, 0.3) is 0 Å². The summed E-state index contributed by atoms with van der Waals surface area (Å²) in [6.45, 7) is 2.77. The summed E-state index contributed by atoms with van der Waals surface area (Å²) in [4.78, 5) is 24.0. The number of hydrogen-bond donors (Lipinski definition) is 3. The Balaban J connectivity index is 1.41. The van der Waals surface area contributed by atoms with Crippen LogP contribution in [0.15, 0.2) is 24.8 Å². The number of hydrogen-bond acceptors (Lipinski definition) is 3. The number of rotatable bonds is 4. The van der Waals surface area contributed by atoms with E-state index in [2.05, 4.69) is 43.1 Å². The van der Waals surface area contributed by atoms with Crippen molar-refractivity contribution in [2.24, 2.45) is 0 Å². The molecule has 24 heavy (non-hydrogen) atoms. The van der Waals surface area contributed by atoms with Crippen molar-refractivity contribution in [2.45, 2.75) is 43.7 Å². The highest BCUT2D eigenvalue weighted by atomic mass is 16.2. The van der Waals surface area contributed by atoms with Crippen molar-refractivity contribution in [3.8, 4) is 0 Å². The molecule has 0 aromatic carbocycles. The van der Waals surface area contributed by atoms with E-state index in [9.17, 15) is 4.79 Å². The third kappa shape index (κ3) is 1.69. The number of aromatic nitrogens is 4. The van der Waals surface area contributed by atoms with Gasteiger partial charge >= 0.3 is 6.03 Å². The van der Waals surface area contributed by atoms with E-state index >= 15 is 0 Å². The maximum Gasteiger partial charge on any atom is 0.315 e. The van der Waals surface area contributed by atoms with Crippen LogP contribution < -0.4 is 10.6 Å². The average Bonchev–Trinajstić information content (AvgIpc) is 3.12. The van der Waals surface area contributed by atoms with Crippen LogP contribution in [0, 0.1) is 0 Å². The summed E-state index contributed by atoms with van der Waals surface area (Å²) < 4.78 is 2.30. The van der Waals surface area contributed by atoms with Gasteiger partial charge in [0.2, 0.25) is 0 Å². The molecule has 6 rings (SSSR count). The fourth-order valence-electron chi connectivity index (χ4n) is 4.51. The van der Waals surface area contributed by atoms with Gasteiger partial charge in [-0.15, -0.1) is 0 Å². The molecule has 7 heteroatoms. The van der Waals surface area contributed by atoms with Crippen molar-refractivity contribution in [1.29, 1.82) is 0 Å². The molecule has 0 radical (unpaired) electrons. The molecule has 0 aliphatic heterocycles. The molecule has 0 spiro atoms. The van der Waals surface area contributed by atoms with Crippen LogP contribution in [0.1, 0.15) is 32.6 Å². The number of fused-ring (bicyclic) bond motifs is 3. The van der Waals surface area contributed by atoms with Crippen molar-refractivity contribution in [3.05, 3.63) is 24.8 Å². The maximum atomic E-state index is 11.9. The Hall–Kier alpha value is -2.57. The lowest BCUT2D eigenvalue weighted by molar-refractivity contribution is -0.128. The zero-order valence-electron chi connectivity index (χ0n) is 13.6. The average molecular weight is 324 g/mol. The Kier molecular flexibility index (Phi) is 2.59. The lowest BCUT2D eigenvalue weighted by atomic mass is 9.44. The SMILES string of the molecule is CCCNC(=O)NC12CC(n3cnc4cnc5[nH]ccc5c43)(C1)C2. The van der Waals surface area contributed by atoms with Crippen LogP contribution in [-0.2, 0) is 5.54 Å². The van der Waals surface area contributed by atoms with Crippen molar-refractivity contribution in [1.82, 2.24) is 30.2 Å². The molecule has 0 atom stereocenters. The number of pyridine rings is 1. The zero-order valence-corrected chi connectivity index (χ0v) is 13.6. The first-order chi connectivity index (χ1) is 11.6. The van der Waals surface area contributed by atoms with Gasteiger partial charge in [0.1, 0.15) is 11.2 Å². The minimum absolute atomic E-state index is 0.0291. The highest BCUT2D eigenvalue weighted by molar-refractivity contribution is 6.01. The molecular weight excluding hydrogens is 304 g/mol. The van der Waals surface area contributed by atoms with E-state index in [1.165, 1.54) is 0 Å². The number of nitrogens with zero attached hydrogens (tertiary/aromatic N) is 3. The summed E-state index contributed by atoms with van der Waals surface area (Å²) in [5.74, 6) is 0. The number of carbonyl (C=O) groups excluding carboxylic acids is 1. The monoisotopic (exact) mass is 324 g/mol. The molecule has 3 heterocycles. The van der Waals surface area contributed by atoms with Crippen molar-refractivity contribution >= 4 is 28.1 Å². The maximum absolute atomic E-state index is 11.9. The van der Waals surface area contributed by atoms with Gasteiger partial charge in [0, 0.05) is 23.7 Å². The molecule has 124 valence electrons. The lowest BCUT2D eigenvalue weighted by Crippen LogP contribution is -2.79. The van der Waals surface area contributed by atoms with Crippen molar-refractivity contribution in [3.63, 3.8) is 0 Å². The normalized spacial score (nSPS) is 27.7. The Morgan fingerprint density at radius 2 is 2.21 bits per heavy atom. The van der Waals surface area contributed by atoms with Gasteiger partial charge in [0.15, 0.2) is 0 Å². The van der Waals surface area contributed by atoms with Crippen LogP contribution >= 0.6 is 0 Å². The van der Waals surface area contributed by atoms with Gasteiger partial charge in [-0.25, -0.2) is 14.8 Å². The van der Waals surface area contributed by atoms with Gasteiger partial charge in [-0.2, -0.15) is 0 Å². The zero-order chi connectivity index (χ0) is 16.4. The summed E-state index contributed by atoms with van der Waals surface area (Å²) >= 11 is 0. The molecule has 3 aromatic rings. The quantitative estimate of drug-likeness (QED) is 0.688. The second kappa shape index (κ2) is 4.49. The van der Waals surface area contributed by atoms with Crippen LogP contribution in [0.2, 0.25) is 0 Å².